The van der Waals surface area contributed by atoms with Crippen molar-refractivity contribution in [2.24, 2.45) is 0 Å². The average molecular weight is 332 g/mol. The zero-order valence-corrected chi connectivity index (χ0v) is 13.2. The van der Waals surface area contributed by atoms with Crippen molar-refractivity contribution in [3.05, 3.63) is 59.7 Å². The maximum Gasteiger partial charge on any atom is 0.188 e. The van der Waals surface area contributed by atoms with Gasteiger partial charge >= 0.3 is 0 Å². The van der Waals surface area contributed by atoms with Crippen molar-refractivity contribution in [2.45, 2.75) is 25.1 Å². The van der Waals surface area contributed by atoms with Gasteiger partial charge in [-0.2, -0.15) is 0 Å². The molecule has 3 nitrogen and oxygen atoms in total. The Hall–Kier alpha value is -2.21. The molecule has 0 saturated carbocycles. The minimum absolute atomic E-state index is 0.0113. The minimum atomic E-state index is -0.833. The quantitative estimate of drug-likeness (QED) is 0.801. The van der Waals surface area contributed by atoms with Gasteiger partial charge in [0.1, 0.15) is 17.4 Å². The van der Waals surface area contributed by atoms with E-state index in [1.54, 1.807) is 4.90 Å². The molecule has 1 N–H and O–H groups in total. The fourth-order valence-electron chi connectivity index (χ4n) is 3.35. The van der Waals surface area contributed by atoms with Crippen LogP contribution < -0.4 is 15.0 Å². The van der Waals surface area contributed by atoms with Gasteiger partial charge in [-0.3, -0.25) is 4.90 Å². The third kappa shape index (κ3) is 2.16. The fraction of sp³-hybridized carbons (Fsp3) is 0.235. The first-order valence-corrected chi connectivity index (χ1v) is 7.72. The van der Waals surface area contributed by atoms with Crippen LogP contribution >= 0.6 is 12.2 Å². The number of halogens is 2. The summed E-state index contributed by atoms with van der Waals surface area (Å²) in [6.07, 6.45) is 0.598. The van der Waals surface area contributed by atoms with Gasteiger partial charge in [-0.05, 0) is 37.3 Å². The number of hydrogen-bond acceptors (Lipinski definition) is 2. The van der Waals surface area contributed by atoms with Gasteiger partial charge in [-0.25, -0.2) is 8.78 Å². The molecule has 2 aliphatic heterocycles. The molecule has 1 saturated heterocycles. The first-order valence-electron chi connectivity index (χ1n) is 7.32. The van der Waals surface area contributed by atoms with E-state index in [-0.39, 0.29) is 11.7 Å². The predicted molar refractivity (Wildman–Crippen MR) is 87.4 cm³/mol. The van der Waals surface area contributed by atoms with E-state index in [1.165, 1.54) is 12.1 Å². The number of nitrogens with zero attached hydrogens (tertiary/aromatic N) is 1. The van der Waals surface area contributed by atoms with Crippen LogP contribution in [-0.2, 0) is 0 Å². The van der Waals surface area contributed by atoms with Gasteiger partial charge in [0, 0.05) is 18.1 Å². The van der Waals surface area contributed by atoms with Crippen LogP contribution in [0.3, 0.4) is 0 Å². The highest BCUT2D eigenvalue weighted by Gasteiger charge is 2.48. The molecule has 0 spiro atoms. The van der Waals surface area contributed by atoms with Crippen LogP contribution in [0.15, 0.2) is 42.5 Å². The molecule has 4 rings (SSSR count). The van der Waals surface area contributed by atoms with Crippen LogP contribution in [0.25, 0.3) is 0 Å². The maximum atomic E-state index is 14.3. The summed E-state index contributed by atoms with van der Waals surface area (Å²) in [4.78, 5) is 1.59. The van der Waals surface area contributed by atoms with Crippen molar-refractivity contribution < 1.29 is 13.5 Å². The van der Waals surface area contributed by atoms with Crippen LogP contribution in [-0.4, -0.2) is 10.8 Å². The molecule has 2 heterocycles. The first-order chi connectivity index (χ1) is 11.0. The largest absolute Gasteiger partial charge is 0.467 e. The second kappa shape index (κ2) is 4.89. The summed E-state index contributed by atoms with van der Waals surface area (Å²) in [5, 5.41) is 3.60. The number of thiocarbonyl (C=S) groups is 1. The molecule has 2 aliphatic rings. The van der Waals surface area contributed by atoms with E-state index in [1.807, 2.05) is 31.2 Å². The lowest BCUT2D eigenvalue weighted by Gasteiger charge is -2.52. The SMILES string of the molecule is C[C@]12C[C@H](NC(=S)N1c1ccc(F)cc1F)c1ccccc1O2. The fourth-order valence-corrected chi connectivity index (χ4v) is 3.78. The molecule has 2 bridgehead atoms. The molecule has 0 amide bonds. The second-order valence-corrected chi connectivity index (χ2v) is 6.34. The van der Waals surface area contributed by atoms with Gasteiger partial charge in [-0.15, -0.1) is 0 Å². The van der Waals surface area contributed by atoms with Gasteiger partial charge in [-0.1, -0.05) is 18.2 Å². The number of ether oxygens (including phenoxy) is 1. The number of fused-ring (bicyclic) bond motifs is 4. The topological polar surface area (TPSA) is 24.5 Å². The predicted octanol–water partition coefficient (Wildman–Crippen LogP) is 3.90. The molecular weight excluding hydrogens is 318 g/mol. The summed E-state index contributed by atoms with van der Waals surface area (Å²) in [7, 11) is 0. The van der Waals surface area contributed by atoms with E-state index in [0.29, 0.717) is 11.5 Å². The van der Waals surface area contributed by atoms with Crippen LogP contribution in [0, 0.1) is 11.6 Å². The third-order valence-corrected chi connectivity index (χ3v) is 4.63. The minimum Gasteiger partial charge on any atom is -0.467 e. The van der Waals surface area contributed by atoms with Gasteiger partial charge in [0.15, 0.2) is 10.8 Å². The Balaban J connectivity index is 1.83. The lowest BCUT2D eigenvalue weighted by molar-refractivity contribution is 0.0492. The van der Waals surface area contributed by atoms with Gasteiger partial charge in [0.2, 0.25) is 0 Å². The molecule has 0 aliphatic carbocycles. The lowest BCUT2D eigenvalue weighted by atomic mass is 9.90. The average Bonchev–Trinajstić information content (AvgIpc) is 2.48. The smallest absolute Gasteiger partial charge is 0.188 e. The van der Waals surface area contributed by atoms with Crippen LogP contribution in [0.2, 0.25) is 0 Å². The van der Waals surface area contributed by atoms with E-state index < -0.39 is 17.4 Å². The molecule has 0 aromatic heterocycles. The Bertz CT molecular complexity index is 813. The van der Waals surface area contributed by atoms with Crippen molar-refractivity contribution >= 4 is 23.0 Å². The molecule has 6 heteroatoms. The highest BCUT2D eigenvalue weighted by molar-refractivity contribution is 7.80. The molecule has 0 unspecified atom stereocenters. The zero-order valence-electron chi connectivity index (χ0n) is 12.3. The Kier molecular flexibility index (Phi) is 3.06. The highest BCUT2D eigenvalue weighted by Crippen LogP contribution is 2.45. The molecule has 1 fully saturated rings. The summed E-state index contributed by atoms with van der Waals surface area (Å²) in [5.41, 5.74) is 0.399. The Morgan fingerprint density at radius 2 is 2.04 bits per heavy atom. The van der Waals surface area contributed by atoms with Crippen LogP contribution in [0.4, 0.5) is 14.5 Å². The highest BCUT2D eigenvalue weighted by atomic mass is 32.1. The first kappa shape index (κ1) is 14.4. The molecule has 0 radical (unpaired) electrons. The van der Waals surface area contributed by atoms with Crippen molar-refractivity contribution in [3.8, 4) is 5.75 Å². The van der Waals surface area contributed by atoms with E-state index in [9.17, 15) is 8.78 Å². The molecule has 118 valence electrons. The monoisotopic (exact) mass is 332 g/mol. The second-order valence-electron chi connectivity index (χ2n) is 5.95. The van der Waals surface area contributed by atoms with E-state index in [2.05, 4.69) is 5.32 Å². The van der Waals surface area contributed by atoms with Gasteiger partial charge < -0.3 is 10.1 Å². The molecular formula is C17H14F2N2OS. The number of hydrogen-bond donors (Lipinski definition) is 1. The Morgan fingerprint density at radius 1 is 1.26 bits per heavy atom. The van der Waals surface area contributed by atoms with E-state index in [0.717, 1.165) is 17.4 Å². The van der Waals surface area contributed by atoms with Crippen molar-refractivity contribution in [2.75, 3.05) is 4.90 Å². The van der Waals surface area contributed by atoms with Crippen LogP contribution in [0.1, 0.15) is 24.9 Å². The van der Waals surface area contributed by atoms with E-state index in [4.69, 9.17) is 17.0 Å². The summed E-state index contributed by atoms with van der Waals surface area (Å²) >= 11 is 5.43. The number of para-hydroxylation sites is 1. The third-order valence-electron chi connectivity index (χ3n) is 4.33. The summed E-state index contributed by atoms with van der Waals surface area (Å²) in [6.45, 7) is 1.87. The molecule has 23 heavy (non-hydrogen) atoms. The summed E-state index contributed by atoms with van der Waals surface area (Å²) in [5.74, 6) is -0.551. The number of benzene rings is 2. The number of nitrogens with one attached hydrogen (secondary N) is 1. The van der Waals surface area contributed by atoms with E-state index >= 15 is 0 Å². The number of anilines is 1. The van der Waals surface area contributed by atoms with Gasteiger partial charge in [0.25, 0.3) is 0 Å². The summed E-state index contributed by atoms with van der Waals surface area (Å²) in [6, 6.07) is 11.2. The zero-order chi connectivity index (χ0) is 16.2. The van der Waals surface area contributed by atoms with Crippen molar-refractivity contribution in [1.82, 2.24) is 5.32 Å². The van der Waals surface area contributed by atoms with Crippen LogP contribution in [0.5, 0.6) is 5.75 Å². The van der Waals surface area contributed by atoms with Crippen molar-refractivity contribution in [1.29, 1.82) is 0 Å². The molecule has 2 atom stereocenters. The van der Waals surface area contributed by atoms with Crippen molar-refractivity contribution in [3.63, 3.8) is 0 Å². The molecule has 2 aromatic carbocycles. The normalized spacial score (nSPS) is 25.4. The Morgan fingerprint density at radius 3 is 2.83 bits per heavy atom. The Labute approximate surface area is 137 Å². The van der Waals surface area contributed by atoms with Gasteiger partial charge in [0.05, 0.1) is 11.7 Å². The lowest BCUT2D eigenvalue weighted by Crippen LogP contribution is -2.65. The number of rotatable bonds is 1. The standard InChI is InChI=1S/C17H14F2N2OS/c1-17-9-13(11-4-2-3-5-15(11)22-17)20-16(23)21(17)14-7-6-10(18)8-12(14)19/h2-8,13H,9H2,1H3,(H,20,23)/t13-,17-/m0/s1. The molecule has 2 aromatic rings. The summed E-state index contributed by atoms with van der Waals surface area (Å²) < 4.78 is 33.6. The maximum absolute atomic E-state index is 14.3.